The maximum Gasteiger partial charge on any atom is 0.324 e. The molecule has 2 aromatic rings. The molecule has 0 aliphatic rings. The van der Waals surface area contributed by atoms with Crippen molar-refractivity contribution in [2.75, 3.05) is 6.26 Å². The topological polar surface area (TPSA) is 95.1 Å². The molecule has 96 valence electrons. The lowest BCUT2D eigenvalue weighted by Gasteiger charge is -2.03. The van der Waals surface area contributed by atoms with Gasteiger partial charge in [0.25, 0.3) is 0 Å². The summed E-state index contributed by atoms with van der Waals surface area (Å²) < 4.78 is 24.3. The molecule has 0 aliphatic carbocycles. The van der Waals surface area contributed by atoms with E-state index in [-0.39, 0.29) is 16.7 Å². The lowest BCUT2D eigenvalue weighted by Crippen LogP contribution is -2.09. The molecule has 9 heteroatoms. The van der Waals surface area contributed by atoms with Gasteiger partial charge in [-0.05, 0) is 5.56 Å². The predicted molar refractivity (Wildman–Crippen MR) is 65.4 cm³/mol. The van der Waals surface area contributed by atoms with Crippen LogP contribution in [0.5, 0.6) is 0 Å². The van der Waals surface area contributed by atoms with E-state index in [1.54, 1.807) is 5.38 Å². The maximum absolute atomic E-state index is 11.4. The van der Waals surface area contributed by atoms with E-state index < -0.39 is 14.8 Å². The molecule has 0 N–H and O–H groups in total. The van der Waals surface area contributed by atoms with Crippen LogP contribution in [0.1, 0.15) is 5.56 Å². The average Bonchev–Trinajstić information content (AvgIpc) is 2.85. The lowest BCUT2D eigenvalue weighted by atomic mass is 10.3. The van der Waals surface area contributed by atoms with Crippen molar-refractivity contribution in [2.45, 2.75) is 11.7 Å². The molecule has 0 spiro atoms. The Labute approximate surface area is 107 Å². The minimum Gasteiger partial charge on any atom is -0.317 e. The normalized spacial score (nSPS) is 11.6. The van der Waals surface area contributed by atoms with Crippen LogP contribution >= 0.6 is 11.3 Å². The van der Waals surface area contributed by atoms with Gasteiger partial charge >= 0.3 is 5.00 Å². The fraction of sp³-hybridized carbons (Fsp3) is 0.222. The summed E-state index contributed by atoms with van der Waals surface area (Å²) in [6.07, 6.45) is 3.99. The highest BCUT2D eigenvalue weighted by Gasteiger charge is 2.16. The molecule has 0 aliphatic heterocycles. The number of hydrogen-bond donors (Lipinski definition) is 0. The Hall–Kier alpha value is -1.74. The smallest absolute Gasteiger partial charge is 0.317 e. The largest absolute Gasteiger partial charge is 0.324 e. The van der Waals surface area contributed by atoms with E-state index in [4.69, 9.17) is 0 Å². The van der Waals surface area contributed by atoms with Gasteiger partial charge in [-0.3, -0.25) is 10.1 Å². The molecule has 0 bridgehead atoms. The molecule has 0 saturated carbocycles. The molecule has 0 aromatic carbocycles. The average molecular weight is 287 g/mol. The standard InChI is InChI=1S/C9H9N3O4S2/c1-18(15,16)9-10-2-3-11(9)5-7-4-8(12(13)14)17-6-7/h2-4,6H,5H2,1H3. The number of nitro groups is 1. The monoisotopic (exact) mass is 287 g/mol. The summed E-state index contributed by atoms with van der Waals surface area (Å²) in [7, 11) is -3.40. The summed E-state index contributed by atoms with van der Waals surface area (Å²) in [6.45, 7) is 0.243. The van der Waals surface area contributed by atoms with Crippen LogP contribution in [0.25, 0.3) is 0 Å². The highest BCUT2D eigenvalue weighted by molar-refractivity contribution is 7.90. The van der Waals surface area contributed by atoms with Gasteiger partial charge in [-0.25, -0.2) is 13.4 Å². The molecule has 0 fully saturated rings. The van der Waals surface area contributed by atoms with Gasteiger partial charge in [0.2, 0.25) is 15.0 Å². The second-order valence-corrected chi connectivity index (χ2v) is 6.46. The number of hydrogen-bond acceptors (Lipinski definition) is 6. The van der Waals surface area contributed by atoms with Crippen molar-refractivity contribution in [3.8, 4) is 0 Å². The summed E-state index contributed by atoms with van der Waals surface area (Å²) in [4.78, 5) is 13.8. The zero-order valence-corrected chi connectivity index (χ0v) is 10.9. The van der Waals surface area contributed by atoms with Crippen LogP contribution in [0, 0.1) is 10.1 Å². The van der Waals surface area contributed by atoms with Crippen LogP contribution in [0.4, 0.5) is 5.00 Å². The lowest BCUT2D eigenvalue weighted by molar-refractivity contribution is -0.380. The summed E-state index contributed by atoms with van der Waals surface area (Å²) >= 11 is 1.01. The second kappa shape index (κ2) is 4.50. The highest BCUT2D eigenvalue weighted by Crippen LogP contribution is 2.23. The van der Waals surface area contributed by atoms with Gasteiger partial charge in [-0.15, -0.1) is 0 Å². The number of rotatable bonds is 4. The van der Waals surface area contributed by atoms with Crippen LogP contribution in [0.15, 0.2) is 29.0 Å². The van der Waals surface area contributed by atoms with E-state index in [0.717, 1.165) is 17.6 Å². The molecule has 2 rings (SSSR count). The summed E-state index contributed by atoms with van der Waals surface area (Å²) in [5.41, 5.74) is 0.676. The Morgan fingerprint density at radius 1 is 1.56 bits per heavy atom. The van der Waals surface area contributed by atoms with E-state index >= 15 is 0 Å². The molecule has 0 atom stereocenters. The van der Waals surface area contributed by atoms with Crippen LogP contribution in [0.2, 0.25) is 0 Å². The predicted octanol–water partition coefficient (Wildman–Crippen LogP) is 1.30. The Kier molecular flexibility index (Phi) is 3.18. The van der Waals surface area contributed by atoms with Gasteiger partial charge in [-0.1, -0.05) is 11.3 Å². The van der Waals surface area contributed by atoms with E-state index in [1.165, 1.54) is 23.0 Å². The first-order chi connectivity index (χ1) is 8.38. The zero-order chi connectivity index (χ0) is 13.3. The van der Waals surface area contributed by atoms with Crippen LogP contribution in [-0.2, 0) is 16.4 Å². The molecule has 0 unspecified atom stereocenters. The Morgan fingerprint density at radius 3 is 2.83 bits per heavy atom. The van der Waals surface area contributed by atoms with Crippen molar-refractivity contribution in [3.63, 3.8) is 0 Å². The highest BCUT2D eigenvalue weighted by atomic mass is 32.2. The third-order valence-corrected chi connectivity index (χ3v) is 4.11. The van der Waals surface area contributed by atoms with Gasteiger partial charge in [0.15, 0.2) is 0 Å². The number of sulfone groups is 1. The first-order valence-electron chi connectivity index (χ1n) is 4.81. The van der Waals surface area contributed by atoms with Crippen LogP contribution < -0.4 is 0 Å². The quantitative estimate of drug-likeness (QED) is 0.624. The summed E-state index contributed by atoms with van der Waals surface area (Å²) in [5.74, 6) is 0. The van der Waals surface area contributed by atoms with E-state index in [9.17, 15) is 18.5 Å². The maximum atomic E-state index is 11.4. The van der Waals surface area contributed by atoms with Gasteiger partial charge in [0, 0.05) is 30.1 Å². The number of nitrogens with zero attached hydrogens (tertiary/aromatic N) is 3. The van der Waals surface area contributed by atoms with Crippen molar-refractivity contribution >= 4 is 26.2 Å². The third-order valence-electron chi connectivity index (χ3n) is 2.18. The first kappa shape index (κ1) is 12.7. The van der Waals surface area contributed by atoms with Crippen molar-refractivity contribution in [3.05, 3.63) is 39.5 Å². The van der Waals surface area contributed by atoms with Gasteiger partial charge in [-0.2, -0.15) is 0 Å². The van der Waals surface area contributed by atoms with Crippen molar-refractivity contribution in [2.24, 2.45) is 0 Å². The first-order valence-corrected chi connectivity index (χ1v) is 7.58. The summed E-state index contributed by atoms with van der Waals surface area (Å²) in [6, 6.07) is 1.43. The molecule has 0 amide bonds. The SMILES string of the molecule is CS(=O)(=O)c1nccn1Cc1csc([N+](=O)[O-])c1. The summed E-state index contributed by atoms with van der Waals surface area (Å²) in [5, 5.41) is 12.2. The van der Waals surface area contributed by atoms with Crippen molar-refractivity contribution in [1.82, 2.24) is 9.55 Å². The Morgan fingerprint density at radius 2 is 2.28 bits per heavy atom. The number of aromatic nitrogens is 2. The van der Waals surface area contributed by atoms with Gasteiger partial charge in [0.1, 0.15) is 0 Å². The van der Waals surface area contributed by atoms with Gasteiger partial charge < -0.3 is 4.57 Å². The second-order valence-electron chi connectivity index (χ2n) is 3.66. The van der Waals surface area contributed by atoms with Crippen molar-refractivity contribution in [1.29, 1.82) is 0 Å². The van der Waals surface area contributed by atoms with Crippen molar-refractivity contribution < 1.29 is 13.3 Å². The van der Waals surface area contributed by atoms with Crippen LogP contribution in [0.3, 0.4) is 0 Å². The molecule has 0 saturated heterocycles. The minimum atomic E-state index is -3.40. The fourth-order valence-electron chi connectivity index (χ4n) is 1.48. The molecular weight excluding hydrogens is 278 g/mol. The zero-order valence-electron chi connectivity index (χ0n) is 9.31. The molecule has 2 aromatic heterocycles. The molecule has 2 heterocycles. The number of thiophene rings is 1. The molecular formula is C9H9N3O4S2. The minimum absolute atomic E-state index is 0.0334. The number of imidazole rings is 1. The van der Waals surface area contributed by atoms with E-state index in [0.29, 0.717) is 5.56 Å². The van der Waals surface area contributed by atoms with Gasteiger partial charge in [0.05, 0.1) is 11.5 Å². The Balaban J connectivity index is 2.29. The van der Waals surface area contributed by atoms with E-state index in [1.807, 2.05) is 0 Å². The third kappa shape index (κ3) is 2.57. The molecule has 0 radical (unpaired) electrons. The van der Waals surface area contributed by atoms with E-state index in [2.05, 4.69) is 4.98 Å². The molecule has 18 heavy (non-hydrogen) atoms. The van der Waals surface area contributed by atoms with Crippen LogP contribution in [-0.4, -0.2) is 29.1 Å². The fourth-order valence-corrected chi connectivity index (χ4v) is 3.01. The molecule has 7 nitrogen and oxygen atoms in total. The Bertz CT molecular complexity index is 686.